The Balaban J connectivity index is 0.000000261. The molecule has 0 N–H and O–H groups in total. The highest BCUT2D eigenvalue weighted by Gasteiger charge is 1.91. The second kappa shape index (κ2) is 6.58. The van der Waals surface area contributed by atoms with Crippen LogP contribution in [0.1, 0.15) is 11.4 Å². The van der Waals surface area contributed by atoms with Gasteiger partial charge in [0.15, 0.2) is 0 Å². The monoisotopic (exact) mass is 223 g/mol. The lowest BCUT2D eigenvalue weighted by molar-refractivity contribution is 1.12. The van der Waals surface area contributed by atoms with Crippen molar-refractivity contribution >= 4 is 39.3 Å². The highest BCUT2D eigenvalue weighted by Crippen LogP contribution is 1.97. The number of nitrogens with zero attached hydrogens (tertiary/aromatic N) is 1. The van der Waals surface area contributed by atoms with Crippen LogP contribution in [0.25, 0.3) is 0 Å². The summed E-state index contributed by atoms with van der Waals surface area (Å²) in [6, 6.07) is 6.00. The molecule has 0 saturated carbocycles. The van der Waals surface area contributed by atoms with Gasteiger partial charge in [-0.3, -0.25) is 4.98 Å². The van der Waals surface area contributed by atoms with Crippen molar-refractivity contribution in [3.63, 3.8) is 0 Å². The van der Waals surface area contributed by atoms with Crippen molar-refractivity contribution in [1.82, 2.24) is 4.98 Å². The number of aromatic nitrogens is 1. The lowest BCUT2D eigenvalue weighted by Crippen LogP contribution is -1.81. The average Bonchev–Trinajstić information content (AvgIpc) is 1.84. The van der Waals surface area contributed by atoms with Crippen molar-refractivity contribution in [3.05, 3.63) is 29.6 Å². The molecule has 0 aliphatic carbocycles. The van der Waals surface area contributed by atoms with Crippen LogP contribution in [0, 0.1) is 13.8 Å². The second-order valence-electron chi connectivity index (χ2n) is 2.17. The number of rotatable bonds is 0. The van der Waals surface area contributed by atoms with Gasteiger partial charge >= 0.3 is 4.96 Å². The van der Waals surface area contributed by atoms with E-state index in [-0.39, 0.29) is 0 Å². The lowest BCUT2D eigenvalue weighted by atomic mass is 10.3. The first-order chi connectivity index (χ1) is 5.52. The number of hydrogen-bond donors (Lipinski definition) is 0. The largest absolute Gasteiger partial charge is 0.450 e. The molecule has 0 aromatic carbocycles. The predicted molar refractivity (Wildman–Crippen MR) is 57.0 cm³/mol. The fourth-order valence-electron chi connectivity index (χ4n) is 0.679. The fraction of sp³-hybridized carbons (Fsp3) is 0.286. The highest BCUT2D eigenvalue weighted by molar-refractivity contribution is 7.54. The van der Waals surface area contributed by atoms with E-state index >= 15 is 0 Å². The minimum atomic E-state index is -0.750. The van der Waals surface area contributed by atoms with Crippen LogP contribution < -0.4 is 0 Å². The molecule has 1 aromatic rings. The van der Waals surface area contributed by atoms with Crippen LogP contribution in [-0.4, -0.2) is 9.94 Å². The molecule has 0 fully saturated rings. The van der Waals surface area contributed by atoms with Crippen molar-refractivity contribution in [1.29, 1.82) is 0 Å². The Morgan fingerprint density at radius 2 is 1.42 bits per heavy atom. The Kier molecular flexibility index (Phi) is 6.63. The molecule has 0 bridgehead atoms. The Bertz CT molecular complexity index is 210. The Hall–Kier alpha value is 0.0849. The minimum Gasteiger partial charge on any atom is -0.258 e. The first-order valence-electron chi connectivity index (χ1n) is 3.35. The first kappa shape index (κ1) is 12.1. The van der Waals surface area contributed by atoms with E-state index in [0.717, 1.165) is 11.4 Å². The Morgan fingerprint density at radius 1 is 1.08 bits per heavy atom. The van der Waals surface area contributed by atoms with Gasteiger partial charge in [0.2, 0.25) is 0 Å². The third-order valence-electron chi connectivity index (χ3n) is 1.03. The van der Waals surface area contributed by atoms with Gasteiger partial charge in [-0.2, -0.15) is 34.4 Å². The maximum atomic E-state index is 4.81. The zero-order valence-corrected chi connectivity index (χ0v) is 9.16. The van der Waals surface area contributed by atoms with E-state index in [4.69, 9.17) is 34.4 Å². The van der Waals surface area contributed by atoms with Gasteiger partial charge in [-0.25, -0.2) is 0 Å². The van der Waals surface area contributed by atoms with E-state index in [2.05, 4.69) is 4.98 Å². The van der Waals surface area contributed by atoms with E-state index in [1.807, 2.05) is 32.0 Å². The predicted octanol–water partition coefficient (Wildman–Crippen LogP) is 3.39. The van der Waals surface area contributed by atoms with Gasteiger partial charge in [0.25, 0.3) is 0 Å². The molecular weight excluding hydrogens is 215 g/mol. The molecule has 66 valence electrons. The molecule has 1 aromatic heterocycles. The summed E-state index contributed by atoms with van der Waals surface area (Å²) in [7, 11) is 0. The SMILES string of the molecule is Cc1cccc(C)n1.ClB(Cl)Cl. The molecule has 0 unspecified atom stereocenters. The normalized spacial score (nSPS) is 8.42. The summed E-state index contributed by atoms with van der Waals surface area (Å²) in [4.78, 5) is 3.42. The van der Waals surface area contributed by atoms with Gasteiger partial charge in [-0.05, 0) is 26.0 Å². The van der Waals surface area contributed by atoms with Crippen molar-refractivity contribution in [2.24, 2.45) is 0 Å². The number of hydrogen-bond acceptors (Lipinski definition) is 1. The summed E-state index contributed by atoms with van der Waals surface area (Å²) in [6.07, 6.45) is 0. The van der Waals surface area contributed by atoms with Gasteiger partial charge < -0.3 is 0 Å². The van der Waals surface area contributed by atoms with Crippen molar-refractivity contribution < 1.29 is 0 Å². The molecule has 1 rings (SSSR count). The number of aryl methyl sites for hydroxylation is 2. The van der Waals surface area contributed by atoms with Crippen LogP contribution in [0.4, 0.5) is 0 Å². The third kappa shape index (κ3) is 8.18. The Morgan fingerprint density at radius 3 is 1.58 bits per heavy atom. The van der Waals surface area contributed by atoms with Gasteiger partial charge in [0.05, 0.1) is 0 Å². The van der Waals surface area contributed by atoms with Crippen LogP contribution in [0.2, 0.25) is 0 Å². The van der Waals surface area contributed by atoms with E-state index in [1.165, 1.54) is 0 Å². The molecular formula is C7H9BCl3N. The topological polar surface area (TPSA) is 12.9 Å². The third-order valence-corrected chi connectivity index (χ3v) is 1.03. The summed E-state index contributed by atoms with van der Waals surface area (Å²) in [5.74, 6) is 0. The van der Waals surface area contributed by atoms with Crippen LogP contribution in [0.3, 0.4) is 0 Å². The van der Waals surface area contributed by atoms with Gasteiger partial charge in [-0.15, -0.1) is 0 Å². The fourth-order valence-corrected chi connectivity index (χ4v) is 0.679. The summed E-state index contributed by atoms with van der Waals surface area (Å²) in [5.41, 5.74) is 2.18. The Labute approximate surface area is 87.9 Å². The van der Waals surface area contributed by atoms with Crippen LogP contribution in [0.15, 0.2) is 18.2 Å². The standard InChI is InChI=1S/C7H9N.BCl3/c1-6-4-3-5-7(2)8-6;2-1(3)4/h3-5H,1-2H3;. The van der Waals surface area contributed by atoms with Crippen molar-refractivity contribution in [2.45, 2.75) is 13.8 Å². The number of pyridine rings is 1. The molecule has 0 amide bonds. The molecule has 0 aliphatic rings. The second-order valence-corrected chi connectivity index (χ2v) is 4.15. The van der Waals surface area contributed by atoms with Crippen LogP contribution in [-0.2, 0) is 0 Å². The average molecular weight is 224 g/mol. The minimum absolute atomic E-state index is 0.750. The van der Waals surface area contributed by atoms with Crippen molar-refractivity contribution in [3.8, 4) is 0 Å². The molecule has 0 aliphatic heterocycles. The van der Waals surface area contributed by atoms with Gasteiger partial charge in [0, 0.05) is 11.4 Å². The molecule has 12 heavy (non-hydrogen) atoms. The summed E-state index contributed by atoms with van der Waals surface area (Å²) in [5, 5.41) is 0. The van der Waals surface area contributed by atoms with Crippen molar-refractivity contribution in [2.75, 3.05) is 0 Å². The van der Waals surface area contributed by atoms with Crippen LogP contribution in [0.5, 0.6) is 0 Å². The highest BCUT2D eigenvalue weighted by atomic mass is 35.6. The smallest absolute Gasteiger partial charge is 0.258 e. The molecule has 1 heterocycles. The molecule has 5 heteroatoms. The van der Waals surface area contributed by atoms with E-state index < -0.39 is 4.96 Å². The maximum absolute atomic E-state index is 4.81. The van der Waals surface area contributed by atoms with E-state index in [1.54, 1.807) is 0 Å². The molecule has 0 saturated heterocycles. The number of halogens is 3. The molecule has 0 radical (unpaired) electrons. The summed E-state index contributed by atoms with van der Waals surface area (Å²) in [6.45, 7) is 3.99. The first-order valence-corrected chi connectivity index (χ1v) is 4.66. The van der Waals surface area contributed by atoms with E-state index in [0.29, 0.717) is 0 Å². The molecule has 0 spiro atoms. The summed E-state index contributed by atoms with van der Waals surface area (Å²) < 4.78 is 0. The molecule has 1 nitrogen and oxygen atoms in total. The quantitative estimate of drug-likeness (QED) is 0.616. The van der Waals surface area contributed by atoms with Crippen LogP contribution >= 0.6 is 34.4 Å². The molecule has 0 atom stereocenters. The van der Waals surface area contributed by atoms with Gasteiger partial charge in [0.1, 0.15) is 0 Å². The van der Waals surface area contributed by atoms with Gasteiger partial charge in [-0.1, -0.05) is 6.07 Å². The lowest BCUT2D eigenvalue weighted by Gasteiger charge is -1.90. The van der Waals surface area contributed by atoms with E-state index in [9.17, 15) is 0 Å². The summed E-state index contributed by atoms with van der Waals surface area (Å²) >= 11 is 14.4. The zero-order valence-electron chi connectivity index (χ0n) is 6.89. The maximum Gasteiger partial charge on any atom is 0.450 e. The zero-order chi connectivity index (χ0) is 9.56.